The highest BCUT2D eigenvalue weighted by atomic mass is 35.5. The van der Waals surface area contributed by atoms with Crippen LogP contribution in [0.4, 0.5) is 5.69 Å². The summed E-state index contributed by atoms with van der Waals surface area (Å²) in [4.78, 5) is 0. The second-order valence-electron chi connectivity index (χ2n) is 3.47. The van der Waals surface area contributed by atoms with Gasteiger partial charge in [0.05, 0.1) is 27.5 Å². The molecule has 16 heavy (non-hydrogen) atoms. The van der Waals surface area contributed by atoms with Crippen LogP contribution in [0.2, 0.25) is 10.0 Å². The molecular weight excluding hydrogens is 245 g/mol. The summed E-state index contributed by atoms with van der Waals surface area (Å²) in [7, 11) is 0. The van der Waals surface area contributed by atoms with E-state index in [-0.39, 0.29) is 6.04 Å². The van der Waals surface area contributed by atoms with Crippen LogP contribution >= 0.6 is 23.2 Å². The molecule has 2 N–H and O–H groups in total. The maximum atomic E-state index is 6.06. The maximum absolute atomic E-state index is 6.06. The highest BCUT2D eigenvalue weighted by Crippen LogP contribution is 2.32. The number of hydrogen-bond acceptors (Lipinski definition) is 2. The molecule has 1 unspecified atom stereocenters. The van der Waals surface area contributed by atoms with Crippen LogP contribution in [0.15, 0.2) is 30.5 Å². The topological polar surface area (TPSA) is 40.7 Å². The Hall–Kier alpha value is -1.19. The molecule has 0 aliphatic carbocycles. The largest absolute Gasteiger partial charge is 0.375 e. The third kappa shape index (κ3) is 2.31. The van der Waals surface area contributed by atoms with Gasteiger partial charge in [-0.05, 0) is 25.1 Å². The number of aromatic nitrogens is 2. The van der Waals surface area contributed by atoms with Gasteiger partial charge in [0.2, 0.25) is 0 Å². The Morgan fingerprint density at radius 1 is 1.25 bits per heavy atom. The Kier molecular flexibility index (Phi) is 3.36. The molecule has 0 saturated carbocycles. The molecule has 84 valence electrons. The van der Waals surface area contributed by atoms with Crippen molar-refractivity contribution in [3.63, 3.8) is 0 Å². The van der Waals surface area contributed by atoms with Crippen LogP contribution in [-0.4, -0.2) is 10.2 Å². The maximum Gasteiger partial charge on any atom is 0.0724 e. The minimum absolute atomic E-state index is 0.0694. The van der Waals surface area contributed by atoms with Crippen molar-refractivity contribution >= 4 is 28.9 Å². The van der Waals surface area contributed by atoms with Crippen molar-refractivity contribution in [3.8, 4) is 0 Å². The van der Waals surface area contributed by atoms with Crippen molar-refractivity contribution in [3.05, 3.63) is 46.2 Å². The monoisotopic (exact) mass is 255 g/mol. The Morgan fingerprint density at radius 3 is 2.50 bits per heavy atom. The zero-order valence-electron chi connectivity index (χ0n) is 8.67. The van der Waals surface area contributed by atoms with Gasteiger partial charge in [0, 0.05) is 6.20 Å². The first-order chi connectivity index (χ1) is 7.68. The Labute approximate surface area is 104 Å². The average Bonchev–Trinajstić information content (AvgIpc) is 2.76. The number of anilines is 1. The molecule has 0 fully saturated rings. The van der Waals surface area contributed by atoms with Crippen LogP contribution in [-0.2, 0) is 0 Å². The number of benzene rings is 1. The van der Waals surface area contributed by atoms with Gasteiger partial charge < -0.3 is 5.32 Å². The van der Waals surface area contributed by atoms with E-state index >= 15 is 0 Å². The molecule has 0 radical (unpaired) electrons. The van der Waals surface area contributed by atoms with Crippen LogP contribution in [0, 0.1) is 0 Å². The van der Waals surface area contributed by atoms with Gasteiger partial charge in [-0.3, -0.25) is 5.10 Å². The molecule has 1 heterocycles. The first-order valence-electron chi connectivity index (χ1n) is 4.88. The number of nitrogens with one attached hydrogen (secondary N) is 2. The molecule has 0 amide bonds. The summed E-state index contributed by atoms with van der Waals surface area (Å²) in [6.45, 7) is 2.01. The van der Waals surface area contributed by atoms with Crippen LogP contribution in [0.1, 0.15) is 18.7 Å². The number of rotatable bonds is 3. The first kappa shape index (κ1) is 11.3. The predicted molar refractivity (Wildman–Crippen MR) is 67.1 cm³/mol. The number of hydrogen-bond donors (Lipinski definition) is 2. The van der Waals surface area contributed by atoms with Gasteiger partial charge in [-0.15, -0.1) is 0 Å². The van der Waals surface area contributed by atoms with Gasteiger partial charge in [-0.2, -0.15) is 5.10 Å². The fourth-order valence-corrected chi connectivity index (χ4v) is 1.94. The van der Waals surface area contributed by atoms with Gasteiger partial charge in [-0.25, -0.2) is 0 Å². The van der Waals surface area contributed by atoms with E-state index in [1.54, 1.807) is 18.3 Å². The zero-order chi connectivity index (χ0) is 11.5. The molecule has 0 spiro atoms. The lowest BCUT2D eigenvalue weighted by molar-refractivity contribution is 0.826. The summed E-state index contributed by atoms with van der Waals surface area (Å²) in [5.74, 6) is 0. The molecule has 2 aromatic rings. The minimum atomic E-state index is 0.0694. The summed E-state index contributed by atoms with van der Waals surface area (Å²) in [5, 5.41) is 11.3. The van der Waals surface area contributed by atoms with Crippen molar-refractivity contribution in [1.29, 1.82) is 0 Å². The van der Waals surface area contributed by atoms with Crippen LogP contribution in [0.5, 0.6) is 0 Å². The Morgan fingerprint density at radius 2 is 1.94 bits per heavy atom. The lowest BCUT2D eigenvalue weighted by Crippen LogP contribution is -2.07. The molecule has 3 nitrogen and oxygen atoms in total. The number of halogens is 2. The quantitative estimate of drug-likeness (QED) is 0.874. The van der Waals surface area contributed by atoms with E-state index in [0.29, 0.717) is 10.0 Å². The SMILES string of the molecule is CC(Nc1c(Cl)cccc1Cl)c1ccn[nH]1. The number of para-hydroxylation sites is 1. The first-order valence-corrected chi connectivity index (χ1v) is 5.64. The number of H-pyrrole nitrogens is 1. The number of nitrogens with zero attached hydrogens (tertiary/aromatic N) is 1. The van der Waals surface area contributed by atoms with Crippen molar-refractivity contribution < 1.29 is 0 Å². The molecule has 0 aliphatic heterocycles. The highest BCUT2D eigenvalue weighted by Gasteiger charge is 2.11. The zero-order valence-corrected chi connectivity index (χ0v) is 10.2. The van der Waals surface area contributed by atoms with E-state index in [1.807, 2.05) is 19.1 Å². The summed E-state index contributed by atoms with van der Waals surface area (Å²) < 4.78 is 0. The predicted octanol–water partition coefficient (Wildman–Crippen LogP) is 3.89. The van der Waals surface area contributed by atoms with Gasteiger partial charge in [-0.1, -0.05) is 29.3 Å². The van der Waals surface area contributed by atoms with Crippen molar-refractivity contribution in [2.75, 3.05) is 5.32 Å². The molecule has 5 heteroatoms. The number of aromatic amines is 1. The summed E-state index contributed by atoms with van der Waals surface area (Å²) in [6.07, 6.45) is 1.71. The second kappa shape index (κ2) is 4.76. The van der Waals surface area contributed by atoms with Crippen molar-refractivity contribution in [2.45, 2.75) is 13.0 Å². The molecule has 1 aromatic heterocycles. The summed E-state index contributed by atoms with van der Waals surface area (Å²) in [6, 6.07) is 7.39. The highest BCUT2D eigenvalue weighted by molar-refractivity contribution is 6.39. The normalized spacial score (nSPS) is 12.4. The van der Waals surface area contributed by atoms with E-state index in [4.69, 9.17) is 23.2 Å². The van der Waals surface area contributed by atoms with Gasteiger partial charge in [0.1, 0.15) is 0 Å². The molecule has 0 saturated heterocycles. The Bertz CT molecular complexity index is 448. The third-order valence-corrected chi connectivity index (χ3v) is 2.94. The average molecular weight is 256 g/mol. The summed E-state index contributed by atoms with van der Waals surface area (Å²) in [5.41, 5.74) is 1.73. The van der Waals surface area contributed by atoms with Crippen LogP contribution in [0.25, 0.3) is 0 Å². The molecule has 2 rings (SSSR count). The van der Waals surface area contributed by atoms with Gasteiger partial charge >= 0.3 is 0 Å². The molecule has 1 aromatic carbocycles. The molecule has 1 atom stereocenters. The van der Waals surface area contributed by atoms with Crippen LogP contribution in [0.3, 0.4) is 0 Å². The molecule has 0 bridgehead atoms. The van der Waals surface area contributed by atoms with E-state index in [2.05, 4.69) is 15.5 Å². The van der Waals surface area contributed by atoms with E-state index in [9.17, 15) is 0 Å². The van der Waals surface area contributed by atoms with Crippen LogP contribution < -0.4 is 5.32 Å². The van der Waals surface area contributed by atoms with E-state index in [0.717, 1.165) is 11.4 Å². The lowest BCUT2D eigenvalue weighted by atomic mass is 10.2. The standard InChI is InChI=1S/C11H11Cl2N3/c1-7(10-5-6-14-16-10)15-11-8(12)3-2-4-9(11)13/h2-7,15H,1H3,(H,14,16). The third-order valence-electron chi connectivity index (χ3n) is 2.31. The van der Waals surface area contributed by atoms with Crippen molar-refractivity contribution in [1.82, 2.24) is 10.2 Å². The lowest BCUT2D eigenvalue weighted by Gasteiger charge is -2.15. The molecular formula is C11H11Cl2N3. The second-order valence-corrected chi connectivity index (χ2v) is 4.29. The van der Waals surface area contributed by atoms with E-state index < -0.39 is 0 Å². The van der Waals surface area contributed by atoms with Crippen molar-refractivity contribution in [2.24, 2.45) is 0 Å². The smallest absolute Gasteiger partial charge is 0.0724 e. The summed E-state index contributed by atoms with van der Waals surface area (Å²) >= 11 is 12.1. The molecule has 0 aliphatic rings. The van der Waals surface area contributed by atoms with Gasteiger partial charge in [0.15, 0.2) is 0 Å². The fourth-order valence-electron chi connectivity index (χ4n) is 1.44. The Balaban J connectivity index is 2.21. The minimum Gasteiger partial charge on any atom is -0.375 e. The van der Waals surface area contributed by atoms with E-state index in [1.165, 1.54) is 0 Å². The fraction of sp³-hybridized carbons (Fsp3) is 0.182. The van der Waals surface area contributed by atoms with Gasteiger partial charge in [0.25, 0.3) is 0 Å².